The van der Waals surface area contributed by atoms with Gasteiger partial charge in [0.05, 0.1) is 0 Å². The van der Waals surface area contributed by atoms with Crippen LogP contribution in [0.4, 0.5) is 0 Å². The third-order valence-electron chi connectivity index (χ3n) is 4.54. The van der Waals surface area contributed by atoms with Crippen molar-refractivity contribution in [2.24, 2.45) is 0 Å². The maximum absolute atomic E-state index is 3.76. The monoisotopic (exact) mass is 290 g/mol. The summed E-state index contributed by atoms with van der Waals surface area (Å²) in [5, 5.41) is 3.76. The Balaban J connectivity index is 3.02. The second kappa shape index (κ2) is 8.55. The van der Waals surface area contributed by atoms with Gasteiger partial charge in [-0.3, -0.25) is 0 Å². The molecule has 0 radical (unpaired) electrons. The van der Waals surface area contributed by atoms with E-state index in [9.17, 15) is 0 Å². The summed E-state index contributed by atoms with van der Waals surface area (Å²) in [6.07, 6.45) is 2.37. The first kappa shape index (κ1) is 18.2. The van der Waals surface area contributed by atoms with Gasteiger partial charge < -0.3 is 10.2 Å². The average molecular weight is 290 g/mol. The van der Waals surface area contributed by atoms with E-state index in [1.165, 1.54) is 35.1 Å². The molecule has 2 heteroatoms. The van der Waals surface area contributed by atoms with Gasteiger partial charge in [0.15, 0.2) is 0 Å². The first-order valence-electron chi connectivity index (χ1n) is 8.42. The maximum atomic E-state index is 3.76. The first-order chi connectivity index (χ1) is 9.90. The molecule has 0 aromatic heterocycles. The van der Waals surface area contributed by atoms with E-state index in [1.807, 2.05) is 0 Å². The van der Waals surface area contributed by atoms with Crippen molar-refractivity contribution >= 4 is 0 Å². The fraction of sp³-hybridized carbons (Fsp3) is 0.684. The van der Waals surface area contributed by atoms with Crippen LogP contribution in [0.3, 0.4) is 0 Å². The zero-order valence-corrected chi connectivity index (χ0v) is 15.1. The van der Waals surface area contributed by atoms with Crippen LogP contribution in [0, 0.1) is 20.8 Å². The molecule has 2 unspecified atom stereocenters. The molecule has 1 aromatic carbocycles. The van der Waals surface area contributed by atoms with Crippen molar-refractivity contribution in [2.45, 2.75) is 66.5 Å². The highest BCUT2D eigenvalue weighted by molar-refractivity contribution is 5.39. The quantitative estimate of drug-likeness (QED) is 0.764. The highest BCUT2D eigenvalue weighted by atomic mass is 15.1. The minimum atomic E-state index is 0.421. The van der Waals surface area contributed by atoms with Gasteiger partial charge in [-0.15, -0.1) is 0 Å². The van der Waals surface area contributed by atoms with Gasteiger partial charge in [0, 0.05) is 18.6 Å². The molecule has 2 atom stereocenters. The van der Waals surface area contributed by atoms with Crippen molar-refractivity contribution in [3.05, 3.63) is 34.4 Å². The number of benzene rings is 1. The Hall–Kier alpha value is -0.860. The third-order valence-corrected chi connectivity index (χ3v) is 4.54. The lowest BCUT2D eigenvalue weighted by atomic mass is 9.93. The molecule has 0 fully saturated rings. The van der Waals surface area contributed by atoms with Crippen molar-refractivity contribution < 1.29 is 0 Å². The van der Waals surface area contributed by atoms with Crippen LogP contribution in [0.25, 0.3) is 0 Å². The highest BCUT2D eigenvalue weighted by Gasteiger charge is 2.19. The summed E-state index contributed by atoms with van der Waals surface area (Å²) in [7, 11) is 2.24. The number of nitrogens with zero attached hydrogens (tertiary/aromatic N) is 1. The summed E-state index contributed by atoms with van der Waals surface area (Å²) in [6.45, 7) is 15.6. The Kier molecular flexibility index (Phi) is 7.41. The highest BCUT2D eigenvalue weighted by Crippen LogP contribution is 2.25. The Morgan fingerprint density at radius 2 is 1.67 bits per heavy atom. The minimum absolute atomic E-state index is 0.421. The molecule has 0 bridgehead atoms. The lowest BCUT2D eigenvalue weighted by Crippen LogP contribution is -2.38. The van der Waals surface area contributed by atoms with Gasteiger partial charge in [-0.2, -0.15) is 0 Å². The molecule has 1 rings (SSSR count). The van der Waals surface area contributed by atoms with Crippen LogP contribution in [-0.2, 0) is 0 Å². The van der Waals surface area contributed by atoms with Gasteiger partial charge >= 0.3 is 0 Å². The Morgan fingerprint density at radius 3 is 2.14 bits per heavy atom. The fourth-order valence-electron chi connectivity index (χ4n) is 3.10. The van der Waals surface area contributed by atoms with E-state index < -0.39 is 0 Å². The van der Waals surface area contributed by atoms with Crippen molar-refractivity contribution in [3.63, 3.8) is 0 Å². The topological polar surface area (TPSA) is 15.3 Å². The maximum Gasteiger partial charge on any atom is 0.0454 e. The van der Waals surface area contributed by atoms with E-state index in [4.69, 9.17) is 0 Å². The standard InChI is InChI=1S/C19H34N2/c1-8-10-20-18(13-21(7)17(6)9-2)19-15(4)11-14(3)12-16(19)5/h11-12,17-18,20H,8-10,13H2,1-7H3. The number of likely N-dealkylation sites (N-methyl/N-ethyl adjacent to an activating group) is 1. The summed E-state index contributed by atoms with van der Waals surface area (Å²) in [4.78, 5) is 2.48. The molecule has 0 aliphatic carbocycles. The summed E-state index contributed by atoms with van der Waals surface area (Å²) in [5.74, 6) is 0. The third kappa shape index (κ3) is 5.12. The smallest absolute Gasteiger partial charge is 0.0454 e. The van der Waals surface area contributed by atoms with Gasteiger partial charge in [-0.25, -0.2) is 0 Å². The van der Waals surface area contributed by atoms with Crippen LogP contribution < -0.4 is 5.32 Å². The molecule has 120 valence electrons. The summed E-state index contributed by atoms with van der Waals surface area (Å²) < 4.78 is 0. The van der Waals surface area contributed by atoms with Crippen LogP contribution in [0.1, 0.15) is 61.9 Å². The number of aryl methyl sites for hydroxylation is 3. The number of rotatable bonds is 8. The van der Waals surface area contributed by atoms with E-state index in [-0.39, 0.29) is 0 Å². The van der Waals surface area contributed by atoms with Gasteiger partial charge in [0.2, 0.25) is 0 Å². The number of hydrogen-bond acceptors (Lipinski definition) is 2. The molecule has 21 heavy (non-hydrogen) atoms. The van der Waals surface area contributed by atoms with Crippen LogP contribution in [0.15, 0.2) is 12.1 Å². The molecule has 0 saturated carbocycles. The Bertz CT molecular complexity index is 416. The zero-order chi connectivity index (χ0) is 16.0. The van der Waals surface area contributed by atoms with Crippen molar-refractivity contribution in [1.82, 2.24) is 10.2 Å². The normalized spacial score (nSPS) is 14.5. The zero-order valence-electron chi connectivity index (χ0n) is 15.1. The molecule has 0 aliphatic rings. The van der Waals surface area contributed by atoms with E-state index in [0.29, 0.717) is 12.1 Å². The van der Waals surface area contributed by atoms with Gasteiger partial charge in [-0.05, 0) is 70.8 Å². The molecule has 0 heterocycles. The molecule has 0 saturated heterocycles. The molecular weight excluding hydrogens is 256 g/mol. The molecular formula is C19H34N2. The van der Waals surface area contributed by atoms with Crippen molar-refractivity contribution in [2.75, 3.05) is 20.1 Å². The molecule has 1 aromatic rings. The van der Waals surface area contributed by atoms with E-state index >= 15 is 0 Å². The van der Waals surface area contributed by atoms with E-state index in [2.05, 4.69) is 70.9 Å². The largest absolute Gasteiger partial charge is 0.309 e. The lowest BCUT2D eigenvalue weighted by Gasteiger charge is -2.31. The van der Waals surface area contributed by atoms with Crippen LogP contribution in [-0.4, -0.2) is 31.1 Å². The molecule has 0 aliphatic heterocycles. The predicted octanol–water partition coefficient (Wildman–Crippen LogP) is 4.38. The van der Waals surface area contributed by atoms with Crippen LogP contribution in [0.2, 0.25) is 0 Å². The van der Waals surface area contributed by atoms with Gasteiger partial charge in [0.1, 0.15) is 0 Å². The van der Waals surface area contributed by atoms with Gasteiger partial charge in [0.25, 0.3) is 0 Å². The number of nitrogens with one attached hydrogen (secondary N) is 1. The summed E-state index contributed by atoms with van der Waals surface area (Å²) in [6, 6.07) is 5.67. The van der Waals surface area contributed by atoms with Crippen LogP contribution >= 0.6 is 0 Å². The SMILES string of the molecule is CCCNC(CN(C)C(C)CC)c1c(C)cc(C)cc1C. The fourth-order valence-corrected chi connectivity index (χ4v) is 3.10. The summed E-state index contributed by atoms with van der Waals surface area (Å²) >= 11 is 0. The van der Waals surface area contributed by atoms with Gasteiger partial charge in [-0.1, -0.05) is 31.5 Å². The lowest BCUT2D eigenvalue weighted by molar-refractivity contribution is 0.224. The molecule has 0 amide bonds. The molecule has 1 N–H and O–H groups in total. The average Bonchev–Trinajstić information content (AvgIpc) is 2.42. The Morgan fingerprint density at radius 1 is 1.10 bits per heavy atom. The van der Waals surface area contributed by atoms with E-state index in [0.717, 1.165) is 13.1 Å². The second-order valence-electron chi connectivity index (χ2n) is 6.52. The van der Waals surface area contributed by atoms with Crippen molar-refractivity contribution in [3.8, 4) is 0 Å². The minimum Gasteiger partial charge on any atom is -0.309 e. The molecule has 2 nitrogen and oxygen atoms in total. The van der Waals surface area contributed by atoms with Crippen molar-refractivity contribution in [1.29, 1.82) is 0 Å². The summed E-state index contributed by atoms with van der Waals surface area (Å²) in [5.41, 5.74) is 5.68. The first-order valence-corrected chi connectivity index (χ1v) is 8.42. The second-order valence-corrected chi connectivity index (χ2v) is 6.52. The van der Waals surface area contributed by atoms with E-state index in [1.54, 1.807) is 0 Å². The number of hydrogen-bond donors (Lipinski definition) is 1. The Labute approximate surface area is 131 Å². The predicted molar refractivity (Wildman–Crippen MR) is 94.1 cm³/mol. The molecule has 0 spiro atoms. The van der Waals surface area contributed by atoms with Crippen LogP contribution in [0.5, 0.6) is 0 Å².